The Hall–Kier alpha value is 0.500. The molecule has 0 bridgehead atoms. The van der Waals surface area contributed by atoms with Crippen LogP contribution in [-0.2, 0) is 0 Å². The third-order valence-electron chi connectivity index (χ3n) is 0.632. The van der Waals surface area contributed by atoms with E-state index in [9.17, 15) is 0 Å². The standard InChI is InChI=1S/C4H11N.2ClH.H3N/c1-4-5(2)3;;;/h4H2,1-3H3;2*1H;1H3. The van der Waals surface area contributed by atoms with Crippen LogP contribution < -0.4 is 6.15 Å². The number of rotatable bonds is 1. The minimum absolute atomic E-state index is 0. The summed E-state index contributed by atoms with van der Waals surface area (Å²) in [6.07, 6.45) is 0. The second kappa shape index (κ2) is 15.6. The Morgan fingerprint density at radius 3 is 1.25 bits per heavy atom. The normalized spacial score (nSPS) is 6.00. The van der Waals surface area contributed by atoms with Gasteiger partial charge in [-0.1, -0.05) is 6.92 Å². The molecule has 0 amide bonds. The van der Waals surface area contributed by atoms with Gasteiger partial charge in [0.05, 0.1) is 0 Å². The molecule has 0 fully saturated rings. The molecule has 0 aliphatic carbocycles. The van der Waals surface area contributed by atoms with Crippen LogP contribution >= 0.6 is 24.8 Å². The zero-order valence-corrected chi connectivity index (χ0v) is 7.31. The molecular formula is C4H16Cl2N2. The van der Waals surface area contributed by atoms with Gasteiger partial charge in [-0.25, -0.2) is 0 Å². The molecule has 0 radical (unpaired) electrons. The van der Waals surface area contributed by atoms with E-state index in [1.807, 2.05) is 0 Å². The van der Waals surface area contributed by atoms with Gasteiger partial charge in [0.25, 0.3) is 0 Å². The molecule has 4 heteroatoms. The van der Waals surface area contributed by atoms with Crippen LogP contribution in [0.5, 0.6) is 0 Å². The molecule has 0 aromatic rings. The highest BCUT2D eigenvalue weighted by Crippen LogP contribution is 1.63. The summed E-state index contributed by atoms with van der Waals surface area (Å²) >= 11 is 0. The van der Waals surface area contributed by atoms with Gasteiger partial charge >= 0.3 is 0 Å². The Kier molecular flexibility index (Phi) is 46.2. The van der Waals surface area contributed by atoms with E-state index in [4.69, 9.17) is 0 Å². The summed E-state index contributed by atoms with van der Waals surface area (Å²) in [5, 5.41) is 0. The first-order valence-electron chi connectivity index (χ1n) is 1.92. The number of hydrogen-bond donors (Lipinski definition) is 1. The molecule has 0 aromatic heterocycles. The predicted octanol–water partition coefficient (Wildman–Crippen LogP) is 1.57. The van der Waals surface area contributed by atoms with Crippen molar-refractivity contribution in [2.75, 3.05) is 20.6 Å². The molecule has 0 heterocycles. The second-order valence-corrected chi connectivity index (χ2v) is 1.40. The van der Waals surface area contributed by atoms with Crippen molar-refractivity contribution in [3.63, 3.8) is 0 Å². The first-order chi connectivity index (χ1) is 2.27. The van der Waals surface area contributed by atoms with E-state index < -0.39 is 0 Å². The molecule has 0 spiro atoms. The fraction of sp³-hybridized carbons (Fsp3) is 1.00. The lowest BCUT2D eigenvalue weighted by Crippen LogP contribution is -2.08. The number of nitrogens with zero attached hydrogens (tertiary/aromatic N) is 1. The summed E-state index contributed by atoms with van der Waals surface area (Å²) in [5.41, 5.74) is 0. The van der Waals surface area contributed by atoms with Crippen LogP contribution in [0, 0.1) is 0 Å². The van der Waals surface area contributed by atoms with Gasteiger partial charge in [0.1, 0.15) is 0 Å². The van der Waals surface area contributed by atoms with Gasteiger partial charge < -0.3 is 11.1 Å². The van der Waals surface area contributed by atoms with Crippen molar-refractivity contribution in [2.45, 2.75) is 6.92 Å². The maximum Gasteiger partial charge on any atom is -0.00533 e. The lowest BCUT2D eigenvalue weighted by molar-refractivity contribution is 0.434. The Bertz CT molecular complexity index is 26.0. The molecule has 0 saturated carbocycles. The SMILES string of the molecule is CCN(C)C.Cl.Cl.N. The molecule has 56 valence electrons. The van der Waals surface area contributed by atoms with Gasteiger partial charge in [0.2, 0.25) is 0 Å². The average Bonchev–Trinajstić information content (AvgIpc) is 1.38. The van der Waals surface area contributed by atoms with Crippen molar-refractivity contribution < 1.29 is 0 Å². The summed E-state index contributed by atoms with van der Waals surface area (Å²) in [7, 11) is 4.11. The van der Waals surface area contributed by atoms with Gasteiger partial charge in [-0.3, -0.25) is 0 Å². The Morgan fingerprint density at radius 2 is 1.25 bits per heavy atom. The lowest BCUT2D eigenvalue weighted by atomic mass is 10.7. The zero-order chi connectivity index (χ0) is 4.28. The average molecular weight is 163 g/mol. The molecule has 8 heavy (non-hydrogen) atoms. The molecule has 0 saturated heterocycles. The van der Waals surface area contributed by atoms with Gasteiger partial charge in [0, 0.05) is 0 Å². The first-order valence-corrected chi connectivity index (χ1v) is 1.92. The lowest BCUT2D eigenvalue weighted by Gasteiger charge is -2.00. The molecule has 0 atom stereocenters. The van der Waals surface area contributed by atoms with Crippen molar-refractivity contribution in [2.24, 2.45) is 0 Å². The molecule has 0 aliphatic rings. The Labute approximate surface area is 64.0 Å². The van der Waals surface area contributed by atoms with Crippen molar-refractivity contribution in [3.05, 3.63) is 0 Å². The maximum atomic E-state index is 2.12. The van der Waals surface area contributed by atoms with E-state index in [2.05, 4.69) is 25.9 Å². The third kappa shape index (κ3) is 31.5. The quantitative estimate of drug-likeness (QED) is 0.637. The monoisotopic (exact) mass is 162 g/mol. The number of halogens is 2. The summed E-state index contributed by atoms with van der Waals surface area (Å²) in [4.78, 5) is 2.12. The molecule has 0 aliphatic heterocycles. The zero-order valence-electron chi connectivity index (χ0n) is 5.68. The van der Waals surface area contributed by atoms with Crippen LogP contribution in [0.4, 0.5) is 0 Å². The van der Waals surface area contributed by atoms with Gasteiger partial charge in [-0.05, 0) is 20.6 Å². The van der Waals surface area contributed by atoms with Crippen molar-refractivity contribution in [1.29, 1.82) is 0 Å². The highest BCUT2D eigenvalue weighted by atomic mass is 35.5. The van der Waals surface area contributed by atoms with Crippen molar-refractivity contribution >= 4 is 24.8 Å². The largest absolute Gasteiger partial charge is 0.344 e. The van der Waals surface area contributed by atoms with Crippen molar-refractivity contribution in [3.8, 4) is 0 Å². The highest BCUT2D eigenvalue weighted by molar-refractivity contribution is 5.85. The Balaban J connectivity index is -0.0000000267. The topological polar surface area (TPSA) is 38.2 Å². The molecule has 0 rings (SSSR count). The van der Waals surface area contributed by atoms with Crippen LogP contribution in [0.25, 0.3) is 0 Å². The third-order valence-corrected chi connectivity index (χ3v) is 0.632. The number of hydrogen-bond acceptors (Lipinski definition) is 2. The van der Waals surface area contributed by atoms with E-state index in [-0.39, 0.29) is 31.0 Å². The van der Waals surface area contributed by atoms with E-state index in [1.54, 1.807) is 0 Å². The van der Waals surface area contributed by atoms with Crippen LogP contribution in [0.2, 0.25) is 0 Å². The first kappa shape index (κ1) is 23.6. The smallest absolute Gasteiger partial charge is 0.00533 e. The minimum Gasteiger partial charge on any atom is -0.344 e. The van der Waals surface area contributed by atoms with E-state index in [1.165, 1.54) is 0 Å². The van der Waals surface area contributed by atoms with E-state index >= 15 is 0 Å². The summed E-state index contributed by atoms with van der Waals surface area (Å²) in [6, 6.07) is 0. The predicted molar refractivity (Wildman–Crippen MR) is 43.7 cm³/mol. The molecule has 0 aromatic carbocycles. The summed E-state index contributed by atoms with van der Waals surface area (Å²) < 4.78 is 0. The molecule has 2 nitrogen and oxygen atoms in total. The molecule has 0 unspecified atom stereocenters. The van der Waals surface area contributed by atoms with E-state index in [0.717, 1.165) is 6.54 Å². The van der Waals surface area contributed by atoms with Gasteiger partial charge in [-0.2, -0.15) is 0 Å². The fourth-order valence-corrected chi connectivity index (χ4v) is 0. The van der Waals surface area contributed by atoms with Crippen LogP contribution in [0.3, 0.4) is 0 Å². The van der Waals surface area contributed by atoms with Crippen LogP contribution in [-0.4, -0.2) is 25.5 Å². The van der Waals surface area contributed by atoms with Crippen LogP contribution in [0.15, 0.2) is 0 Å². The van der Waals surface area contributed by atoms with Gasteiger partial charge in [-0.15, -0.1) is 24.8 Å². The van der Waals surface area contributed by atoms with E-state index in [0.29, 0.717) is 0 Å². The minimum atomic E-state index is 0. The molecular weight excluding hydrogens is 147 g/mol. The van der Waals surface area contributed by atoms with Gasteiger partial charge in [0.15, 0.2) is 0 Å². The van der Waals surface area contributed by atoms with Crippen LogP contribution in [0.1, 0.15) is 6.92 Å². The highest BCUT2D eigenvalue weighted by Gasteiger charge is 1.72. The van der Waals surface area contributed by atoms with Crippen molar-refractivity contribution in [1.82, 2.24) is 11.1 Å². The summed E-state index contributed by atoms with van der Waals surface area (Å²) in [6.45, 7) is 3.26. The fourth-order valence-electron chi connectivity index (χ4n) is 0. The molecule has 3 N–H and O–H groups in total. The summed E-state index contributed by atoms with van der Waals surface area (Å²) in [5.74, 6) is 0. The second-order valence-electron chi connectivity index (χ2n) is 1.40. The Morgan fingerprint density at radius 1 is 1.12 bits per heavy atom. The maximum absolute atomic E-state index is 2.12.